The van der Waals surface area contributed by atoms with Crippen LogP contribution in [0, 0.1) is 29.6 Å². The number of aromatic nitrogens is 1. The van der Waals surface area contributed by atoms with Crippen molar-refractivity contribution in [1.82, 2.24) is 4.98 Å². The van der Waals surface area contributed by atoms with Crippen LogP contribution in [0.4, 0.5) is 0 Å². The average molecular weight is 410 g/mol. The molecule has 1 saturated carbocycles. The molecular weight excluding hydrogens is 382 g/mol. The molecular formula is C25H28ClNO2. The van der Waals surface area contributed by atoms with E-state index in [-0.39, 0.29) is 23.9 Å². The first-order chi connectivity index (χ1) is 14.0. The molecule has 1 aliphatic carbocycles. The number of rotatable bonds is 4. The highest BCUT2D eigenvalue weighted by molar-refractivity contribution is 6.30. The molecule has 0 spiro atoms. The molecule has 2 aliphatic rings. The van der Waals surface area contributed by atoms with Crippen LogP contribution < -0.4 is 0 Å². The number of halogens is 1. The predicted octanol–water partition coefficient (Wildman–Crippen LogP) is 6.28. The van der Waals surface area contributed by atoms with Gasteiger partial charge in [0.25, 0.3) is 0 Å². The number of nitrogens with zero attached hydrogens (tertiary/aromatic N) is 1. The highest BCUT2D eigenvalue weighted by atomic mass is 35.5. The fourth-order valence-corrected chi connectivity index (χ4v) is 5.60. The molecule has 1 saturated heterocycles. The lowest BCUT2D eigenvalue weighted by molar-refractivity contribution is -0.144. The van der Waals surface area contributed by atoms with Crippen molar-refractivity contribution in [2.24, 2.45) is 29.6 Å². The van der Waals surface area contributed by atoms with Crippen LogP contribution in [0.3, 0.4) is 0 Å². The molecule has 4 rings (SSSR count). The van der Waals surface area contributed by atoms with E-state index in [0.717, 1.165) is 34.7 Å². The monoisotopic (exact) mass is 409 g/mol. The molecule has 6 atom stereocenters. The number of benzene rings is 1. The minimum absolute atomic E-state index is 0.00805. The number of hydrogen-bond acceptors (Lipinski definition) is 3. The maximum Gasteiger partial charge on any atom is 0.309 e. The summed E-state index contributed by atoms with van der Waals surface area (Å²) in [6, 6.07) is 11.9. The third-order valence-corrected chi connectivity index (χ3v) is 7.05. The number of ether oxygens (including phenoxy) is 1. The summed E-state index contributed by atoms with van der Waals surface area (Å²) in [7, 11) is 0. The molecule has 1 aromatic heterocycles. The van der Waals surface area contributed by atoms with Crippen LogP contribution in [-0.2, 0) is 9.53 Å². The van der Waals surface area contributed by atoms with E-state index in [1.54, 1.807) is 0 Å². The second-order valence-electron chi connectivity index (χ2n) is 8.53. The molecule has 2 heterocycles. The second kappa shape index (κ2) is 8.31. The third kappa shape index (κ3) is 3.98. The van der Waals surface area contributed by atoms with Gasteiger partial charge in [-0.25, -0.2) is 0 Å². The van der Waals surface area contributed by atoms with Crippen molar-refractivity contribution in [3.05, 3.63) is 59.4 Å². The minimum Gasteiger partial charge on any atom is -0.462 e. The zero-order chi connectivity index (χ0) is 20.5. The van der Waals surface area contributed by atoms with Crippen LogP contribution in [0.15, 0.2) is 48.7 Å². The predicted molar refractivity (Wildman–Crippen MR) is 117 cm³/mol. The minimum atomic E-state index is -0.0122. The van der Waals surface area contributed by atoms with Gasteiger partial charge in [-0.3, -0.25) is 9.78 Å². The normalized spacial score (nSPS) is 31.7. The van der Waals surface area contributed by atoms with Crippen LogP contribution in [-0.4, -0.2) is 17.1 Å². The number of cyclic esters (lactones) is 1. The Kier molecular flexibility index (Phi) is 5.78. The Morgan fingerprint density at radius 3 is 2.72 bits per heavy atom. The number of hydrogen-bond donors (Lipinski definition) is 0. The van der Waals surface area contributed by atoms with Gasteiger partial charge in [0.05, 0.1) is 11.6 Å². The highest BCUT2D eigenvalue weighted by Crippen LogP contribution is 2.50. The van der Waals surface area contributed by atoms with Crippen molar-refractivity contribution in [2.45, 2.75) is 39.7 Å². The van der Waals surface area contributed by atoms with Gasteiger partial charge in [-0.05, 0) is 60.9 Å². The standard InChI is InChI=1S/C25H28ClNO2/c1-4-21-15(2)12-23-24(16(3)29-25(23)28)22(21)11-10-20-9-8-18(14-27-20)17-6-5-7-19(26)13-17/h5-11,13-16,21-24H,4,12H2,1-3H3/b11-10+/t15-,16+,21+,22-,23+,24-/m0/s1. The van der Waals surface area contributed by atoms with Gasteiger partial charge < -0.3 is 4.74 Å². The van der Waals surface area contributed by atoms with Crippen molar-refractivity contribution >= 4 is 23.6 Å². The zero-order valence-corrected chi connectivity index (χ0v) is 18.0. The molecule has 0 N–H and O–H groups in total. The smallest absolute Gasteiger partial charge is 0.309 e. The average Bonchev–Trinajstić information content (AvgIpc) is 2.99. The van der Waals surface area contributed by atoms with Gasteiger partial charge in [-0.1, -0.05) is 56.1 Å². The molecule has 0 radical (unpaired) electrons. The first kappa shape index (κ1) is 20.2. The van der Waals surface area contributed by atoms with Gasteiger partial charge in [-0.15, -0.1) is 0 Å². The molecule has 4 heteroatoms. The number of pyridine rings is 1. The van der Waals surface area contributed by atoms with Gasteiger partial charge in [0.2, 0.25) is 0 Å². The summed E-state index contributed by atoms with van der Waals surface area (Å²) in [4.78, 5) is 16.9. The van der Waals surface area contributed by atoms with Gasteiger partial charge in [0, 0.05) is 22.7 Å². The molecule has 2 aromatic rings. The van der Waals surface area contributed by atoms with Crippen molar-refractivity contribution in [3.63, 3.8) is 0 Å². The molecule has 0 unspecified atom stereocenters. The number of fused-ring (bicyclic) bond motifs is 1. The fraction of sp³-hybridized carbons (Fsp3) is 0.440. The summed E-state index contributed by atoms with van der Waals surface area (Å²) in [5.74, 6) is 1.72. The highest BCUT2D eigenvalue weighted by Gasteiger charge is 2.52. The Morgan fingerprint density at radius 2 is 2.03 bits per heavy atom. The van der Waals surface area contributed by atoms with Crippen LogP contribution in [0.5, 0.6) is 0 Å². The lowest BCUT2D eigenvalue weighted by atomic mass is 9.61. The molecule has 1 aliphatic heterocycles. The van der Waals surface area contributed by atoms with Crippen LogP contribution in [0.25, 0.3) is 17.2 Å². The maximum absolute atomic E-state index is 12.3. The quantitative estimate of drug-likeness (QED) is 0.558. The maximum atomic E-state index is 12.3. The van der Waals surface area contributed by atoms with Crippen LogP contribution in [0.2, 0.25) is 5.02 Å². The molecule has 29 heavy (non-hydrogen) atoms. The molecule has 0 amide bonds. The van der Waals surface area contributed by atoms with Crippen molar-refractivity contribution in [2.75, 3.05) is 0 Å². The van der Waals surface area contributed by atoms with Gasteiger partial charge in [0.15, 0.2) is 0 Å². The third-order valence-electron chi connectivity index (χ3n) is 6.81. The van der Waals surface area contributed by atoms with Crippen LogP contribution in [0.1, 0.15) is 39.3 Å². The van der Waals surface area contributed by atoms with E-state index in [0.29, 0.717) is 17.8 Å². The second-order valence-corrected chi connectivity index (χ2v) is 8.97. The number of allylic oxidation sites excluding steroid dienone is 1. The van der Waals surface area contributed by atoms with Gasteiger partial charge in [-0.2, -0.15) is 0 Å². The molecule has 0 bridgehead atoms. The lowest BCUT2D eigenvalue weighted by Gasteiger charge is -2.41. The Labute approximate surface area is 178 Å². The Morgan fingerprint density at radius 1 is 1.21 bits per heavy atom. The van der Waals surface area contributed by atoms with E-state index in [2.05, 4.69) is 37.0 Å². The van der Waals surface area contributed by atoms with E-state index in [4.69, 9.17) is 16.3 Å². The van der Waals surface area contributed by atoms with Crippen LogP contribution >= 0.6 is 11.6 Å². The topological polar surface area (TPSA) is 39.2 Å². The molecule has 2 fully saturated rings. The summed E-state index contributed by atoms with van der Waals surface area (Å²) in [5, 5.41) is 0.723. The molecule has 3 nitrogen and oxygen atoms in total. The summed E-state index contributed by atoms with van der Waals surface area (Å²) >= 11 is 6.10. The first-order valence-electron chi connectivity index (χ1n) is 10.6. The van der Waals surface area contributed by atoms with Crippen molar-refractivity contribution < 1.29 is 9.53 Å². The number of carbonyl (C=O) groups excluding carboxylic acids is 1. The van der Waals surface area contributed by atoms with E-state index >= 15 is 0 Å². The number of carbonyl (C=O) groups is 1. The Balaban J connectivity index is 1.57. The lowest BCUT2D eigenvalue weighted by Crippen LogP contribution is -2.40. The van der Waals surface area contributed by atoms with E-state index in [1.165, 1.54) is 0 Å². The molecule has 152 valence electrons. The SMILES string of the molecule is CC[C@H]1[C@H](/C=C/c2ccc(-c3cccc(Cl)c3)cn2)[C@@H]2[C@@H](C)OC(=O)[C@@H]2C[C@@H]1C. The summed E-state index contributed by atoms with van der Waals surface area (Å²) in [6.45, 7) is 6.58. The van der Waals surface area contributed by atoms with Gasteiger partial charge >= 0.3 is 5.97 Å². The summed E-state index contributed by atoms with van der Waals surface area (Å²) in [6.07, 6.45) is 8.33. The van der Waals surface area contributed by atoms with Gasteiger partial charge in [0.1, 0.15) is 6.10 Å². The largest absolute Gasteiger partial charge is 0.462 e. The Hall–Kier alpha value is -2.13. The van der Waals surface area contributed by atoms with Crippen molar-refractivity contribution in [3.8, 4) is 11.1 Å². The van der Waals surface area contributed by atoms with Crippen molar-refractivity contribution in [1.29, 1.82) is 0 Å². The van der Waals surface area contributed by atoms with E-state index < -0.39 is 0 Å². The summed E-state index contributed by atoms with van der Waals surface area (Å²) < 4.78 is 5.61. The zero-order valence-electron chi connectivity index (χ0n) is 17.2. The summed E-state index contributed by atoms with van der Waals surface area (Å²) in [5.41, 5.74) is 3.04. The van der Waals surface area contributed by atoms with E-state index in [9.17, 15) is 4.79 Å². The first-order valence-corrected chi connectivity index (χ1v) is 11.0. The fourth-order valence-electron chi connectivity index (χ4n) is 5.41. The van der Waals surface area contributed by atoms with E-state index in [1.807, 2.05) is 43.5 Å². The number of esters is 1. The molecule has 1 aromatic carbocycles. The Bertz CT molecular complexity index is 907.